The van der Waals surface area contributed by atoms with E-state index in [4.69, 9.17) is 9.84 Å². The summed E-state index contributed by atoms with van der Waals surface area (Å²) < 4.78 is 6.11. The van der Waals surface area contributed by atoms with E-state index in [0.29, 0.717) is 24.7 Å². The number of carbonyl (C=O) groups is 2. The molecule has 0 aromatic rings. The number of ether oxygens (including phenoxy) is 1. The van der Waals surface area contributed by atoms with E-state index >= 15 is 0 Å². The van der Waals surface area contributed by atoms with E-state index in [-0.39, 0.29) is 23.9 Å². The average molecular weight is 419 g/mol. The van der Waals surface area contributed by atoms with E-state index in [0.717, 1.165) is 25.3 Å². The number of aliphatic carboxylic acids is 1. The van der Waals surface area contributed by atoms with E-state index in [1.165, 1.54) is 11.6 Å². The molecule has 2 rings (SSSR count). The Morgan fingerprint density at radius 3 is 2.67 bits per heavy atom. The van der Waals surface area contributed by atoms with Crippen molar-refractivity contribution in [3.05, 3.63) is 36.0 Å². The first kappa shape index (κ1) is 24.4. The molecular formula is C25H38O5. The van der Waals surface area contributed by atoms with Crippen molar-refractivity contribution in [2.75, 3.05) is 0 Å². The smallest absolute Gasteiger partial charge is 0.327 e. The predicted octanol–water partition coefficient (Wildman–Crippen LogP) is 4.91. The quantitative estimate of drug-likeness (QED) is 0.410. The van der Waals surface area contributed by atoms with Crippen LogP contribution in [0.2, 0.25) is 0 Å². The minimum atomic E-state index is -1.00. The Labute approximate surface area is 180 Å². The number of rotatable bonds is 9. The lowest BCUT2D eigenvalue weighted by Crippen LogP contribution is -2.43. The van der Waals surface area contributed by atoms with Gasteiger partial charge in [-0.2, -0.15) is 0 Å². The van der Waals surface area contributed by atoms with Gasteiger partial charge in [-0.3, -0.25) is 4.79 Å². The molecule has 0 heterocycles. The van der Waals surface area contributed by atoms with Crippen LogP contribution in [0.25, 0.3) is 0 Å². The second-order valence-corrected chi connectivity index (χ2v) is 9.68. The molecule has 30 heavy (non-hydrogen) atoms. The van der Waals surface area contributed by atoms with Gasteiger partial charge in [-0.15, -0.1) is 0 Å². The predicted molar refractivity (Wildman–Crippen MR) is 118 cm³/mol. The van der Waals surface area contributed by atoms with Gasteiger partial charge in [-0.1, -0.05) is 45.1 Å². The number of aliphatic hydroxyl groups is 1. The fraction of sp³-hybridized carbons (Fsp3) is 0.680. The van der Waals surface area contributed by atoms with E-state index in [2.05, 4.69) is 32.1 Å². The molecule has 0 radical (unpaired) electrons. The van der Waals surface area contributed by atoms with E-state index in [1.807, 2.05) is 20.8 Å². The molecule has 0 aromatic heterocycles. The second kappa shape index (κ2) is 10.4. The fourth-order valence-corrected chi connectivity index (χ4v) is 4.49. The minimum absolute atomic E-state index is 0.136. The summed E-state index contributed by atoms with van der Waals surface area (Å²) in [6.07, 6.45) is 11.8. The van der Waals surface area contributed by atoms with Crippen molar-refractivity contribution >= 4 is 11.9 Å². The molecule has 2 aliphatic rings. The van der Waals surface area contributed by atoms with Gasteiger partial charge in [0.05, 0.1) is 11.5 Å². The molecule has 0 fully saturated rings. The third-order valence-corrected chi connectivity index (χ3v) is 6.79. The highest BCUT2D eigenvalue weighted by molar-refractivity contribution is 5.79. The minimum Gasteiger partial charge on any atom is -0.478 e. The maximum absolute atomic E-state index is 12.8. The molecule has 1 unspecified atom stereocenters. The van der Waals surface area contributed by atoms with Gasteiger partial charge in [0.1, 0.15) is 6.10 Å². The molecule has 168 valence electrons. The van der Waals surface area contributed by atoms with E-state index in [9.17, 15) is 14.7 Å². The number of aliphatic hydroxyl groups excluding tert-OH is 1. The van der Waals surface area contributed by atoms with Gasteiger partial charge in [-0.25, -0.2) is 4.79 Å². The van der Waals surface area contributed by atoms with Gasteiger partial charge < -0.3 is 14.9 Å². The molecule has 0 saturated heterocycles. The first-order valence-corrected chi connectivity index (χ1v) is 11.2. The van der Waals surface area contributed by atoms with Crippen LogP contribution in [0.1, 0.15) is 66.7 Å². The van der Waals surface area contributed by atoms with Crippen molar-refractivity contribution in [1.29, 1.82) is 0 Å². The number of hydrogen-bond acceptors (Lipinski definition) is 4. The molecule has 0 spiro atoms. The SMILES string of the molecule is CCC(C)(C)C(=O)O[C@H]1C[C@@H](C)C=C2C=C[C@H](C)[C@H](CCC(O)CC=CC(=O)O)[C@H]21. The maximum atomic E-state index is 12.8. The summed E-state index contributed by atoms with van der Waals surface area (Å²) in [6, 6.07) is 0. The first-order valence-electron chi connectivity index (χ1n) is 11.2. The van der Waals surface area contributed by atoms with Crippen LogP contribution < -0.4 is 0 Å². The Morgan fingerprint density at radius 1 is 1.33 bits per heavy atom. The third kappa shape index (κ3) is 6.31. The summed E-state index contributed by atoms with van der Waals surface area (Å²) in [5.74, 6) is -0.0526. The average Bonchev–Trinajstić information content (AvgIpc) is 2.66. The highest BCUT2D eigenvalue weighted by atomic mass is 16.5. The molecule has 2 aliphatic carbocycles. The Kier molecular flexibility index (Phi) is 8.48. The molecule has 5 nitrogen and oxygen atoms in total. The van der Waals surface area contributed by atoms with Gasteiger partial charge in [-0.05, 0) is 69.3 Å². The third-order valence-electron chi connectivity index (χ3n) is 6.79. The number of carbonyl (C=O) groups excluding carboxylic acids is 1. The Morgan fingerprint density at radius 2 is 2.03 bits per heavy atom. The van der Waals surface area contributed by atoms with Crippen LogP contribution in [0.15, 0.2) is 36.0 Å². The standard InChI is InChI=1S/C25H38O5/c1-6-25(4,5)24(29)30-21-15-16(2)14-18-11-10-17(3)20(23(18)21)13-12-19(26)8-7-9-22(27)28/h7,9-11,14,16-17,19-21,23,26H,6,8,12-13,15H2,1-5H3,(H,27,28)/t16-,17-,19?,20-,21-,23-/m0/s1. The summed E-state index contributed by atoms with van der Waals surface area (Å²) in [7, 11) is 0. The fourth-order valence-electron chi connectivity index (χ4n) is 4.49. The zero-order valence-corrected chi connectivity index (χ0v) is 19.0. The van der Waals surface area contributed by atoms with Crippen molar-refractivity contribution in [3.8, 4) is 0 Å². The molecule has 0 aliphatic heterocycles. The van der Waals surface area contributed by atoms with Crippen molar-refractivity contribution in [3.63, 3.8) is 0 Å². The lowest BCUT2D eigenvalue weighted by molar-refractivity contribution is -0.164. The Hall–Kier alpha value is -1.88. The summed E-state index contributed by atoms with van der Waals surface area (Å²) in [4.78, 5) is 23.4. The van der Waals surface area contributed by atoms with Crippen LogP contribution in [0, 0.1) is 29.1 Å². The zero-order chi connectivity index (χ0) is 22.5. The van der Waals surface area contributed by atoms with Gasteiger partial charge in [0.2, 0.25) is 0 Å². The summed E-state index contributed by atoms with van der Waals surface area (Å²) in [5, 5.41) is 19.0. The summed E-state index contributed by atoms with van der Waals surface area (Å²) in [5.41, 5.74) is 0.743. The van der Waals surface area contributed by atoms with Gasteiger partial charge in [0, 0.05) is 12.0 Å². The highest BCUT2D eigenvalue weighted by Gasteiger charge is 2.42. The van der Waals surface area contributed by atoms with E-state index in [1.54, 1.807) is 0 Å². The van der Waals surface area contributed by atoms with Crippen LogP contribution in [-0.4, -0.2) is 34.4 Å². The Bertz CT molecular complexity index is 702. The number of hydrogen-bond donors (Lipinski definition) is 2. The first-order chi connectivity index (χ1) is 14.0. The maximum Gasteiger partial charge on any atom is 0.327 e. The molecule has 2 N–H and O–H groups in total. The number of carboxylic acids is 1. The Balaban J connectivity index is 2.14. The van der Waals surface area contributed by atoms with Crippen molar-refractivity contribution in [2.24, 2.45) is 29.1 Å². The zero-order valence-electron chi connectivity index (χ0n) is 19.0. The highest BCUT2D eigenvalue weighted by Crippen LogP contribution is 2.45. The van der Waals surface area contributed by atoms with Gasteiger partial charge >= 0.3 is 11.9 Å². The van der Waals surface area contributed by atoms with Crippen LogP contribution in [0.4, 0.5) is 0 Å². The number of fused-ring (bicyclic) bond motifs is 1. The lowest BCUT2D eigenvalue weighted by Gasteiger charge is -2.43. The van der Waals surface area contributed by atoms with Crippen molar-refractivity contribution in [2.45, 2.75) is 78.9 Å². The normalized spacial score (nSPS) is 29.9. The molecule has 0 saturated carbocycles. The summed E-state index contributed by atoms with van der Waals surface area (Å²) in [6.45, 7) is 10.2. The largest absolute Gasteiger partial charge is 0.478 e. The molecule has 0 aromatic carbocycles. The van der Waals surface area contributed by atoms with Crippen molar-refractivity contribution in [1.82, 2.24) is 0 Å². The molecule has 0 amide bonds. The number of esters is 1. The molecule has 5 heteroatoms. The molecule has 6 atom stereocenters. The van der Waals surface area contributed by atoms with E-state index < -0.39 is 17.5 Å². The molecule has 0 bridgehead atoms. The van der Waals surface area contributed by atoms with Crippen LogP contribution in [0.3, 0.4) is 0 Å². The second-order valence-electron chi connectivity index (χ2n) is 9.68. The topological polar surface area (TPSA) is 83.8 Å². The molecular weight excluding hydrogens is 380 g/mol. The van der Waals surface area contributed by atoms with Gasteiger partial charge in [0.15, 0.2) is 0 Å². The van der Waals surface area contributed by atoms with Crippen molar-refractivity contribution < 1.29 is 24.5 Å². The number of allylic oxidation sites excluding steroid dienone is 3. The lowest BCUT2D eigenvalue weighted by atomic mass is 9.65. The monoisotopic (exact) mass is 418 g/mol. The van der Waals surface area contributed by atoms with Crippen LogP contribution in [0.5, 0.6) is 0 Å². The number of carboxylic acid groups (broad SMARTS) is 1. The van der Waals surface area contributed by atoms with Gasteiger partial charge in [0.25, 0.3) is 0 Å². The summed E-state index contributed by atoms with van der Waals surface area (Å²) >= 11 is 0. The van der Waals surface area contributed by atoms with Crippen LogP contribution in [-0.2, 0) is 14.3 Å². The van der Waals surface area contributed by atoms with Crippen LogP contribution >= 0.6 is 0 Å².